The molecule has 36 heavy (non-hydrogen) atoms. The SMILES string of the molecule is COc1ccc(-n2c(C(C)N(CC(C)C)C(=O)c3cccc(OC)c3)nc3ccccc3c2=O)cc1. The quantitative estimate of drug-likeness (QED) is 0.340. The molecule has 1 unspecified atom stereocenters. The highest BCUT2D eigenvalue weighted by molar-refractivity contribution is 5.95. The van der Waals surface area contributed by atoms with E-state index in [9.17, 15) is 9.59 Å². The van der Waals surface area contributed by atoms with E-state index < -0.39 is 6.04 Å². The maximum absolute atomic E-state index is 13.8. The van der Waals surface area contributed by atoms with Crippen LogP contribution in [0.4, 0.5) is 0 Å². The lowest BCUT2D eigenvalue weighted by Crippen LogP contribution is -2.39. The van der Waals surface area contributed by atoms with Gasteiger partial charge < -0.3 is 14.4 Å². The summed E-state index contributed by atoms with van der Waals surface area (Å²) < 4.78 is 12.2. The van der Waals surface area contributed by atoms with Gasteiger partial charge in [0.2, 0.25) is 0 Å². The molecular formula is C29H31N3O4. The smallest absolute Gasteiger partial charge is 0.266 e. The predicted molar refractivity (Wildman–Crippen MR) is 141 cm³/mol. The Balaban J connectivity index is 1.90. The molecule has 0 radical (unpaired) electrons. The minimum absolute atomic E-state index is 0.154. The number of methoxy groups -OCH3 is 2. The highest BCUT2D eigenvalue weighted by Gasteiger charge is 2.28. The number of benzene rings is 3. The first kappa shape index (κ1) is 25.0. The van der Waals surface area contributed by atoms with Crippen LogP contribution >= 0.6 is 0 Å². The van der Waals surface area contributed by atoms with Crippen molar-refractivity contribution in [3.63, 3.8) is 0 Å². The second kappa shape index (κ2) is 10.6. The molecular weight excluding hydrogens is 454 g/mol. The second-order valence-electron chi connectivity index (χ2n) is 9.09. The van der Waals surface area contributed by atoms with Crippen molar-refractivity contribution in [2.75, 3.05) is 20.8 Å². The lowest BCUT2D eigenvalue weighted by molar-refractivity contribution is 0.0654. The number of amides is 1. The Morgan fingerprint density at radius 3 is 2.28 bits per heavy atom. The van der Waals surface area contributed by atoms with E-state index in [0.29, 0.717) is 46.0 Å². The Morgan fingerprint density at radius 1 is 0.917 bits per heavy atom. The highest BCUT2D eigenvalue weighted by atomic mass is 16.5. The number of para-hydroxylation sites is 1. The normalized spacial score (nSPS) is 11.9. The molecule has 3 aromatic carbocycles. The van der Waals surface area contributed by atoms with Crippen LogP contribution in [-0.2, 0) is 0 Å². The molecule has 0 aliphatic rings. The first-order chi connectivity index (χ1) is 17.3. The molecule has 0 fully saturated rings. The molecule has 1 aromatic heterocycles. The molecule has 1 heterocycles. The van der Waals surface area contributed by atoms with Crippen molar-refractivity contribution in [3.8, 4) is 17.2 Å². The lowest BCUT2D eigenvalue weighted by atomic mass is 10.1. The van der Waals surface area contributed by atoms with Crippen molar-refractivity contribution < 1.29 is 14.3 Å². The molecule has 7 nitrogen and oxygen atoms in total. The Morgan fingerprint density at radius 2 is 1.61 bits per heavy atom. The fraction of sp³-hybridized carbons (Fsp3) is 0.276. The van der Waals surface area contributed by atoms with E-state index >= 15 is 0 Å². The maximum Gasteiger partial charge on any atom is 0.266 e. The molecule has 1 atom stereocenters. The van der Waals surface area contributed by atoms with Gasteiger partial charge in [0, 0.05) is 12.1 Å². The third-order valence-corrected chi connectivity index (χ3v) is 6.11. The summed E-state index contributed by atoms with van der Waals surface area (Å²) in [6.45, 7) is 6.52. The zero-order chi connectivity index (χ0) is 25.8. The average Bonchev–Trinajstić information content (AvgIpc) is 2.91. The second-order valence-corrected chi connectivity index (χ2v) is 9.09. The topological polar surface area (TPSA) is 73.7 Å². The van der Waals surface area contributed by atoms with Gasteiger partial charge in [0.15, 0.2) is 0 Å². The third kappa shape index (κ3) is 4.96. The van der Waals surface area contributed by atoms with Crippen LogP contribution in [0.25, 0.3) is 16.6 Å². The summed E-state index contributed by atoms with van der Waals surface area (Å²) in [6.07, 6.45) is 0. The summed E-state index contributed by atoms with van der Waals surface area (Å²) in [5, 5.41) is 0.513. The largest absolute Gasteiger partial charge is 0.497 e. The van der Waals surface area contributed by atoms with Crippen LogP contribution in [0.2, 0.25) is 0 Å². The molecule has 4 rings (SSSR count). The van der Waals surface area contributed by atoms with Crippen LogP contribution in [-0.4, -0.2) is 41.1 Å². The summed E-state index contributed by atoms with van der Waals surface area (Å²) in [4.78, 5) is 34.2. The number of carbonyl (C=O) groups is 1. The van der Waals surface area contributed by atoms with Gasteiger partial charge in [-0.15, -0.1) is 0 Å². The molecule has 186 valence electrons. The summed E-state index contributed by atoms with van der Waals surface area (Å²) in [6, 6.07) is 21.1. The van der Waals surface area contributed by atoms with E-state index in [-0.39, 0.29) is 17.4 Å². The van der Waals surface area contributed by atoms with E-state index in [1.807, 2.05) is 37.3 Å². The summed E-state index contributed by atoms with van der Waals surface area (Å²) in [7, 11) is 3.17. The number of carbonyl (C=O) groups excluding carboxylic acids is 1. The van der Waals surface area contributed by atoms with Crippen molar-refractivity contribution in [3.05, 3.63) is 94.5 Å². The first-order valence-electron chi connectivity index (χ1n) is 11.9. The number of fused-ring (bicyclic) bond motifs is 1. The summed E-state index contributed by atoms with van der Waals surface area (Å²) in [5.74, 6) is 1.82. The Kier molecular flexibility index (Phi) is 7.38. The van der Waals surface area contributed by atoms with Crippen molar-refractivity contribution in [2.45, 2.75) is 26.8 Å². The van der Waals surface area contributed by atoms with Crippen LogP contribution in [0.1, 0.15) is 43.0 Å². The van der Waals surface area contributed by atoms with E-state index in [1.54, 1.807) is 66.2 Å². The van der Waals surface area contributed by atoms with Gasteiger partial charge in [0.25, 0.3) is 11.5 Å². The molecule has 0 saturated carbocycles. The van der Waals surface area contributed by atoms with Crippen LogP contribution < -0.4 is 15.0 Å². The lowest BCUT2D eigenvalue weighted by Gasteiger charge is -2.32. The van der Waals surface area contributed by atoms with E-state index in [0.717, 1.165) is 0 Å². The van der Waals surface area contributed by atoms with Crippen molar-refractivity contribution >= 4 is 16.8 Å². The molecule has 0 aliphatic carbocycles. The molecule has 1 amide bonds. The minimum Gasteiger partial charge on any atom is -0.497 e. The molecule has 0 spiro atoms. The number of ether oxygens (including phenoxy) is 2. The highest BCUT2D eigenvalue weighted by Crippen LogP contribution is 2.27. The number of nitrogens with zero attached hydrogens (tertiary/aromatic N) is 3. The summed E-state index contributed by atoms with van der Waals surface area (Å²) >= 11 is 0. The molecule has 0 aliphatic heterocycles. The van der Waals surface area contributed by atoms with Crippen molar-refractivity contribution in [1.82, 2.24) is 14.5 Å². The minimum atomic E-state index is -0.495. The van der Waals surface area contributed by atoms with Gasteiger partial charge in [0.1, 0.15) is 17.3 Å². The van der Waals surface area contributed by atoms with Gasteiger partial charge in [-0.2, -0.15) is 0 Å². The Labute approximate surface area is 210 Å². The Hall–Kier alpha value is -4.13. The number of hydrogen-bond donors (Lipinski definition) is 0. The monoisotopic (exact) mass is 485 g/mol. The van der Waals surface area contributed by atoms with Crippen molar-refractivity contribution in [2.24, 2.45) is 5.92 Å². The predicted octanol–water partition coefficient (Wildman–Crippen LogP) is 5.26. The standard InChI is InChI=1S/C29H31N3O4/c1-19(2)18-31(28(33)21-9-8-10-24(17-21)36-5)20(3)27-30-26-12-7-6-11-25(26)29(34)32(27)22-13-15-23(35-4)16-14-22/h6-17,19-20H,18H2,1-5H3. The zero-order valence-electron chi connectivity index (χ0n) is 21.3. The van der Waals surface area contributed by atoms with Gasteiger partial charge in [0.05, 0.1) is 36.9 Å². The number of aromatic nitrogens is 2. The number of hydrogen-bond acceptors (Lipinski definition) is 5. The van der Waals surface area contributed by atoms with Crippen LogP contribution in [0.15, 0.2) is 77.6 Å². The first-order valence-corrected chi connectivity index (χ1v) is 11.9. The van der Waals surface area contributed by atoms with Crippen LogP contribution in [0.5, 0.6) is 11.5 Å². The van der Waals surface area contributed by atoms with Gasteiger partial charge in [-0.1, -0.05) is 32.0 Å². The third-order valence-electron chi connectivity index (χ3n) is 6.11. The van der Waals surface area contributed by atoms with Gasteiger partial charge >= 0.3 is 0 Å². The average molecular weight is 486 g/mol. The van der Waals surface area contributed by atoms with E-state index in [4.69, 9.17) is 14.5 Å². The Bertz CT molecular complexity index is 1430. The molecule has 0 N–H and O–H groups in total. The van der Waals surface area contributed by atoms with Crippen molar-refractivity contribution in [1.29, 1.82) is 0 Å². The number of rotatable bonds is 8. The molecule has 0 saturated heterocycles. The van der Waals surface area contributed by atoms with E-state index in [1.165, 1.54) is 0 Å². The van der Waals surface area contributed by atoms with Gasteiger partial charge in [-0.05, 0) is 67.4 Å². The van der Waals surface area contributed by atoms with Gasteiger partial charge in [-0.3, -0.25) is 14.2 Å². The summed E-state index contributed by atoms with van der Waals surface area (Å²) in [5.41, 5.74) is 1.57. The fourth-order valence-electron chi connectivity index (χ4n) is 4.28. The molecule has 0 bridgehead atoms. The zero-order valence-corrected chi connectivity index (χ0v) is 21.3. The fourth-order valence-corrected chi connectivity index (χ4v) is 4.28. The van der Waals surface area contributed by atoms with E-state index in [2.05, 4.69) is 13.8 Å². The molecule has 4 aromatic rings. The van der Waals surface area contributed by atoms with Gasteiger partial charge in [-0.25, -0.2) is 4.98 Å². The van der Waals surface area contributed by atoms with Crippen LogP contribution in [0, 0.1) is 5.92 Å². The molecule has 7 heteroatoms. The maximum atomic E-state index is 13.8. The van der Waals surface area contributed by atoms with Crippen LogP contribution in [0.3, 0.4) is 0 Å².